The zero-order chi connectivity index (χ0) is 20.6. The summed E-state index contributed by atoms with van der Waals surface area (Å²) in [4.78, 5) is 24.9. The van der Waals surface area contributed by atoms with Gasteiger partial charge in [0.15, 0.2) is 0 Å². The fraction of sp³-hybridized carbons (Fsp3) is 0.391. The van der Waals surface area contributed by atoms with Crippen molar-refractivity contribution in [2.75, 3.05) is 11.9 Å². The second-order valence-corrected chi connectivity index (χ2v) is 7.97. The van der Waals surface area contributed by atoms with Crippen LogP contribution in [0.15, 0.2) is 48.5 Å². The third-order valence-corrected chi connectivity index (χ3v) is 5.63. The van der Waals surface area contributed by atoms with E-state index in [1.165, 1.54) is 6.42 Å². The summed E-state index contributed by atoms with van der Waals surface area (Å²) in [6.45, 7) is 2.18. The molecular weight excluding hydrogens is 386 g/mol. The molecule has 2 aromatic rings. The number of hydrogen-bond donors (Lipinski definition) is 3. The molecule has 0 aliphatic heterocycles. The molecule has 5 nitrogen and oxygen atoms in total. The minimum Gasteiger partial charge on any atom is -0.349 e. The Hall–Kier alpha value is -2.37. The van der Waals surface area contributed by atoms with Crippen LogP contribution in [0, 0.1) is 0 Å². The van der Waals surface area contributed by atoms with Gasteiger partial charge in [0.25, 0.3) is 5.91 Å². The molecule has 29 heavy (non-hydrogen) atoms. The van der Waals surface area contributed by atoms with Gasteiger partial charge < -0.3 is 16.0 Å². The largest absolute Gasteiger partial charge is 0.349 e. The molecule has 0 bridgehead atoms. The highest BCUT2D eigenvalue weighted by molar-refractivity contribution is 6.34. The van der Waals surface area contributed by atoms with Gasteiger partial charge in [-0.2, -0.15) is 0 Å². The monoisotopic (exact) mass is 413 g/mol. The highest BCUT2D eigenvalue weighted by atomic mass is 35.5. The molecule has 1 saturated carbocycles. The molecule has 0 spiro atoms. The smallest absolute Gasteiger partial charge is 0.253 e. The predicted octanol–water partition coefficient (Wildman–Crippen LogP) is 4.69. The van der Waals surface area contributed by atoms with Gasteiger partial charge >= 0.3 is 0 Å². The first-order valence-electron chi connectivity index (χ1n) is 10.2. The second-order valence-electron chi connectivity index (χ2n) is 7.56. The average molecular weight is 414 g/mol. The molecule has 3 N–H and O–H groups in total. The van der Waals surface area contributed by atoms with Gasteiger partial charge in [-0.15, -0.1) is 0 Å². The maximum atomic E-state index is 12.6. The molecule has 154 valence electrons. The van der Waals surface area contributed by atoms with Crippen molar-refractivity contribution >= 4 is 29.1 Å². The highest BCUT2D eigenvalue weighted by Gasteiger charge is 2.19. The number of benzene rings is 2. The molecule has 1 aliphatic rings. The molecular formula is C23H28ClN3O2. The SMILES string of the molecule is CC(NCC(=O)Nc1ccc(Cl)c(C(=O)NC2CCCCC2)c1)c1ccccc1. The Morgan fingerprint density at radius 1 is 1.07 bits per heavy atom. The average Bonchev–Trinajstić information content (AvgIpc) is 2.74. The van der Waals surface area contributed by atoms with Crippen LogP contribution in [0.25, 0.3) is 0 Å². The van der Waals surface area contributed by atoms with E-state index in [9.17, 15) is 9.59 Å². The quantitative estimate of drug-likeness (QED) is 0.616. The first kappa shape index (κ1) is 21.3. The van der Waals surface area contributed by atoms with Crippen LogP contribution in [-0.4, -0.2) is 24.4 Å². The van der Waals surface area contributed by atoms with Gasteiger partial charge in [0.1, 0.15) is 0 Å². The van der Waals surface area contributed by atoms with Crippen LogP contribution in [0.5, 0.6) is 0 Å². The summed E-state index contributed by atoms with van der Waals surface area (Å²) in [5.74, 6) is -0.359. The Morgan fingerprint density at radius 2 is 1.79 bits per heavy atom. The molecule has 2 aromatic carbocycles. The first-order valence-corrected chi connectivity index (χ1v) is 10.6. The Morgan fingerprint density at radius 3 is 2.52 bits per heavy atom. The summed E-state index contributed by atoms with van der Waals surface area (Å²) < 4.78 is 0. The van der Waals surface area contributed by atoms with Crippen molar-refractivity contribution in [1.29, 1.82) is 0 Å². The van der Waals surface area contributed by atoms with Gasteiger partial charge in [-0.1, -0.05) is 61.2 Å². The normalized spacial score (nSPS) is 15.5. The number of carbonyl (C=O) groups excluding carboxylic acids is 2. The molecule has 2 amide bonds. The van der Waals surface area contributed by atoms with E-state index in [1.54, 1.807) is 18.2 Å². The van der Waals surface area contributed by atoms with E-state index < -0.39 is 0 Å². The first-order chi connectivity index (χ1) is 14.0. The molecule has 3 rings (SSSR count). The molecule has 0 aromatic heterocycles. The Balaban J connectivity index is 1.55. The van der Waals surface area contributed by atoms with E-state index >= 15 is 0 Å². The zero-order valence-corrected chi connectivity index (χ0v) is 17.5. The Bertz CT molecular complexity index is 835. The maximum Gasteiger partial charge on any atom is 0.253 e. The van der Waals surface area contributed by atoms with E-state index in [0.717, 1.165) is 31.2 Å². The van der Waals surface area contributed by atoms with E-state index in [-0.39, 0.29) is 30.4 Å². The van der Waals surface area contributed by atoms with Gasteiger partial charge in [0, 0.05) is 17.8 Å². The van der Waals surface area contributed by atoms with Crippen LogP contribution in [0.3, 0.4) is 0 Å². The number of anilines is 1. The van der Waals surface area contributed by atoms with Crippen molar-refractivity contribution < 1.29 is 9.59 Å². The van der Waals surface area contributed by atoms with Crippen molar-refractivity contribution in [3.05, 3.63) is 64.7 Å². The van der Waals surface area contributed by atoms with Crippen LogP contribution in [0.4, 0.5) is 5.69 Å². The number of hydrogen-bond acceptors (Lipinski definition) is 3. The van der Waals surface area contributed by atoms with E-state index in [1.807, 2.05) is 37.3 Å². The number of amides is 2. The van der Waals surface area contributed by atoms with Crippen molar-refractivity contribution in [1.82, 2.24) is 10.6 Å². The van der Waals surface area contributed by atoms with E-state index in [0.29, 0.717) is 16.3 Å². The fourth-order valence-corrected chi connectivity index (χ4v) is 3.80. The van der Waals surface area contributed by atoms with Crippen LogP contribution in [-0.2, 0) is 4.79 Å². The lowest BCUT2D eigenvalue weighted by atomic mass is 9.95. The van der Waals surface area contributed by atoms with Crippen molar-refractivity contribution in [3.8, 4) is 0 Å². The number of rotatable bonds is 7. The number of nitrogens with one attached hydrogen (secondary N) is 3. The molecule has 0 heterocycles. The summed E-state index contributed by atoms with van der Waals surface area (Å²) in [6, 6.07) is 15.2. The highest BCUT2D eigenvalue weighted by Crippen LogP contribution is 2.23. The van der Waals surface area contributed by atoms with Gasteiger partial charge in [-0.05, 0) is 43.5 Å². The third-order valence-electron chi connectivity index (χ3n) is 5.30. The zero-order valence-electron chi connectivity index (χ0n) is 16.7. The summed E-state index contributed by atoms with van der Waals surface area (Å²) in [7, 11) is 0. The summed E-state index contributed by atoms with van der Waals surface area (Å²) in [5, 5.41) is 9.49. The lowest BCUT2D eigenvalue weighted by molar-refractivity contribution is -0.115. The van der Waals surface area contributed by atoms with Gasteiger partial charge in [-0.25, -0.2) is 0 Å². The number of halogens is 1. The van der Waals surface area contributed by atoms with Crippen LogP contribution in [0.2, 0.25) is 5.02 Å². The summed E-state index contributed by atoms with van der Waals surface area (Å²) in [5.41, 5.74) is 2.07. The summed E-state index contributed by atoms with van der Waals surface area (Å²) >= 11 is 6.23. The third kappa shape index (κ3) is 6.31. The minimum absolute atomic E-state index is 0.0593. The summed E-state index contributed by atoms with van der Waals surface area (Å²) in [6.07, 6.45) is 5.52. The maximum absolute atomic E-state index is 12.6. The predicted molar refractivity (Wildman–Crippen MR) is 117 cm³/mol. The van der Waals surface area contributed by atoms with E-state index in [4.69, 9.17) is 11.6 Å². The standard InChI is InChI=1S/C23H28ClN3O2/c1-16(17-8-4-2-5-9-17)25-15-22(28)26-19-12-13-21(24)20(14-19)23(29)27-18-10-6-3-7-11-18/h2,4-5,8-9,12-14,16,18,25H,3,6-7,10-11,15H2,1H3,(H,26,28)(H,27,29). The number of carbonyl (C=O) groups is 2. The van der Waals surface area contributed by atoms with Crippen LogP contribution in [0.1, 0.15) is 61.0 Å². The van der Waals surface area contributed by atoms with Crippen molar-refractivity contribution in [2.45, 2.75) is 51.1 Å². The van der Waals surface area contributed by atoms with Gasteiger partial charge in [0.2, 0.25) is 5.91 Å². The van der Waals surface area contributed by atoms with E-state index in [2.05, 4.69) is 16.0 Å². The van der Waals surface area contributed by atoms with Crippen molar-refractivity contribution in [3.63, 3.8) is 0 Å². The van der Waals surface area contributed by atoms with Crippen molar-refractivity contribution in [2.24, 2.45) is 0 Å². The Kier molecular flexibility index (Phi) is 7.67. The molecule has 1 unspecified atom stereocenters. The van der Waals surface area contributed by atoms with Gasteiger partial charge in [0.05, 0.1) is 17.1 Å². The molecule has 6 heteroatoms. The van der Waals surface area contributed by atoms with Crippen LogP contribution >= 0.6 is 11.6 Å². The molecule has 0 radical (unpaired) electrons. The second kappa shape index (κ2) is 10.4. The molecule has 1 aliphatic carbocycles. The topological polar surface area (TPSA) is 70.2 Å². The lowest BCUT2D eigenvalue weighted by Gasteiger charge is -2.23. The van der Waals surface area contributed by atoms with Gasteiger partial charge in [-0.3, -0.25) is 9.59 Å². The Labute approximate surface area is 177 Å². The fourth-order valence-electron chi connectivity index (χ4n) is 3.60. The lowest BCUT2D eigenvalue weighted by Crippen LogP contribution is -2.36. The minimum atomic E-state index is -0.186. The molecule has 1 atom stereocenters. The molecule has 1 fully saturated rings. The molecule has 0 saturated heterocycles. The van der Waals surface area contributed by atoms with Crippen LogP contribution < -0.4 is 16.0 Å².